The minimum Gasteiger partial charge on any atom is -0.469 e. The Bertz CT molecular complexity index is 1160. The predicted molar refractivity (Wildman–Crippen MR) is 100 cm³/mol. The number of furan rings is 1. The van der Waals surface area contributed by atoms with E-state index in [1.54, 1.807) is 10.8 Å². The van der Waals surface area contributed by atoms with Gasteiger partial charge in [0.05, 0.1) is 23.2 Å². The molecule has 1 aliphatic carbocycles. The van der Waals surface area contributed by atoms with Gasteiger partial charge in [-0.25, -0.2) is 4.52 Å². The number of ketones is 1. The lowest BCUT2D eigenvalue weighted by atomic mass is 9.87. The van der Waals surface area contributed by atoms with Crippen LogP contribution in [0.3, 0.4) is 0 Å². The third-order valence-corrected chi connectivity index (χ3v) is 5.28. The van der Waals surface area contributed by atoms with E-state index in [2.05, 4.69) is 15.3 Å². The number of fused-ring (bicyclic) bond motifs is 3. The monoisotopic (exact) mass is 378 g/mol. The number of halogens is 1. The molecule has 7 heteroatoms. The van der Waals surface area contributed by atoms with E-state index < -0.39 is 0 Å². The molecule has 0 amide bonds. The molecule has 134 valence electrons. The van der Waals surface area contributed by atoms with Gasteiger partial charge in [-0.05, 0) is 36.8 Å². The minimum atomic E-state index is -0.0340. The molecule has 0 saturated carbocycles. The van der Waals surface area contributed by atoms with Gasteiger partial charge in [-0.3, -0.25) is 4.79 Å². The molecule has 0 bridgehead atoms. The Balaban J connectivity index is 1.69. The number of Topliss-reactive ketones (excluding diaryl/α,β-unsaturated/α-hetero) is 1. The van der Waals surface area contributed by atoms with Crippen LogP contribution in [0.4, 0.5) is 0 Å². The van der Waals surface area contributed by atoms with Crippen molar-refractivity contribution in [3.8, 4) is 11.1 Å². The van der Waals surface area contributed by atoms with Gasteiger partial charge in [0.1, 0.15) is 5.76 Å². The number of rotatable bonds is 2. The van der Waals surface area contributed by atoms with Crippen LogP contribution in [0, 0.1) is 6.92 Å². The number of aryl methyl sites for hydroxylation is 1. The summed E-state index contributed by atoms with van der Waals surface area (Å²) in [5.74, 6) is 0.755. The smallest absolute Gasteiger partial charge is 0.185 e. The maximum atomic E-state index is 12.6. The Labute approximate surface area is 159 Å². The fourth-order valence-corrected chi connectivity index (χ4v) is 3.88. The fourth-order valence-electron chi connectivity index (χ4n) is 3.76. The quantitative estimate of drug-likeness (QED) is 0.521. The van der Waals surface area contributed by atoms with Crippen LogP contribution in [0.25, 0.3) is 16.8 Å². The Kier molecular flexibility index (Phi) is 3.62. The molecular formula is C20H15ClN4O2. The van der Waals surface area contributed by atoms with Crippen LogP contribution in [0.2, 0.25) is 5.02 Å². The highest BCUT2D eigenvalue weighted by atomic mass is 35.5. The van der Waals surface area contributed by atoms with Crippen molar-refractivity contribution in [1.82, 2.24) is 19.8 Å². The molecule has 0 spiro atoms. The second-order valence-electron chi connectivity index (χ2n) is 6.74. The van der Waals surface area contributed by atoms with Gasteiger partial charge in [-0.2, -0.15) is 5.10 Å². The number of hydrogen-bond donors (Lipinski definition) is 0. The van der Waals surface area contributed by atoms with Crippen LogP contribution >= 0.6 is 11.6 Å². The largest absolute Gasteiger partial charge is 0.469 e. The molecule has 4 aromatic rings. The van der Waals surface area contributed by atoms with Crippen molar-refractivity contribution in [3.05, 3.63) is 70.5 Å². The van der Waals surface area contributed by atoms with Crippen molar-refractivity contribution in [1.29, 1.82) is 0 Å². The molecule has 0 aliphatic heterocycles. The Hall–Kier alpha value is -2.99. The standard InChI is InChI=1S/C20H15ClN4O2/c1-11-18(12-4-6-14(21)7-5-12)20-23-22-19-15(25(20)24-11)9-13(10-16(19)26)17-3-2-8-27-17/h2-8,13H,9-10H2,1H3/t13-/m1/s1. The van der Waals surface area contributed by atoms with Crippen molar-refractivity contribution in [2.75, 3.05) is 0 Å². The lowest BCUT2D eigenvalue weighted by molar-refractivity contribution is 0.0951. The maximum absolute atomic E-state index is 12.6. The van der Waals surface area contributed by atoms with E-state index >= 15 is 0 Å². The average Bonchev–Trinajstić information content (AvgIpc) is 3.30. The van der Waals surface area contributed by atoms with Gasteiger partial charge in [0, 0.05) is 23.8 Å². The predicted octanol–water partition coefficient (Wildman–Crippen LogP) is 4.26. The molecular weight excluding hydrogens is 364 g/mol. The topological polar surface area (TPSA) is 73.3 Å². The SMILES string of the molecule is Cc1nn2c3c(nnc2c1-c1ccc(Cl)cc1)C(=O)C[C@H](c1ccco1)C3. The zero-order valence-corrected chi connectivity index (χ0v) is 15.3. The second-order valence-corrected chi connectivity index (χ2v) is 7.18. The first-order chi connectivity index (χ1) is 13.1. The van der Waals surface area contributed by atoms with Crippen molar-refractivity contribution < 1.29 is 9.21 Å². The molecule has 1 aliphatic rings. The third kappa shape index (κ3) is 2.56. The number of aromatic nitrogens is 4. The third-order valence-electron chi connectivity index (χ3n) is 5.02. The van der Waals surface area contributed by atoms with E-state index in [0.717, 1.165) is 28.3 Å². The molecule has 0 radical (unpaired) electrons. The highest BCUT2D eigenvalue weighted by molar-refractivity contribution is 6.30. The van der Waals surface area contributed by atoms with E-state index in [0.29, 0.717) is 29.2 Å². The summed E-state index contributed by atoms with van der Waals surface area (Å²) in [5.41, 5.74) is 4.51. The minimum absolute atomic E-state index is 0.0177. The fraction of sp³-hybridized carbons (Fsp3) is 0.200. The summed E-state index contributed by atoms with van der Waals surface area (Å²) in [4.78, 5) is 12.6. The normalized spacial score (nSPS) is 16.7. The summed E-state index contributed by atoms with van der Waals surface area (Å²) in [6.07, 6.45) is 2.62. The van der Waals surface area contributed by atoms with Crippen LogP contribution in [0.15, 0.2) is 47.1 Å². The molecule has 3 aromatic heterocycles. The van der Waals surface area contributed by atoms with Crippen molar-refractivity contribution in [3.63, 3.8) is 0 Å². The molecule has 0 fully saturated rings. The highest BCUT2D eigenvalue weighted by Gasteiger charge is 2.32. The lowest BCUT2D eigenvalue weighted by Gasteiger charge is -2.21. The Morgan fingerprint density at radius 1 is 1.15 bits per heavy atom. The van der Waals surface area contributed by atoms with E-state index in [1.165, 1.54) is 0 Å². The molecule has 5 rings (SSSR count). The first-order valence-electron chi connectivity index (χ1n) is 8.69. The van der Waals surface area contributed by atoms with Crippen LogP contribution in [-0.4, -0.2) is 25.6 Å². The summed E-state index contributed by atoms with van der Waals surface area (Å²) < 4.78 is 7.29. The van der Waals surface area contributed by atoms with Crippen LogP contribution in [0.1, 0.15) is 40.0 Å². The Morgan fingerprint density at radius 3 is 2.70 bits per heavy atom. The number of benzene rings is 1. The van der Waals surface area contributed by atoms with Gasteiger partial charge in [0.2, 0.25) is 0 Å². The van der Waals surface area contributed by atoms with Crippen molar-refractivity contribution in [2.45, 2.75) is 25.7 Å². The average molecular weight is 379 g/mol. The van der Waals surface area contributed by atoms with E-state index in [9.17, 15) is 4.79 Å². The second kappa shape index (κ2) is 6.03. The first-order valence-corrected chi connectivity index (χ1v) is 9.07. The summed E-state index contributed by atoms with van der Waals surface area (Å²) in [5, 5.41) is 13.9. The van der Waals surface area contributed by atoms with Gasteiger partial charge in [0.15, 0.2) is 17.1 Å². The highest BCUT2D eigenvalue weighted by Crippen LogP contribution is 2.34. The summed E-state index contributed by atoms with van der Waals surface area (Å²) in [7, 11) is 0. The summed E-state index contributed by atoms with van der Waals surface area (Å²) in [6, 6.07) is 11.3. The van der Waals surface area contributed by atoms with Gasteiger partial charge in [0.25, 0.3) is 0 Å². The molecule has 0 saturated heterocycles. The number of carbonyl (C=O) groups is 1. The van der Waals surface area contributed by atoms with Gasteiger partial charge in [-0.1, -0.05) is 23.7 Å². The summed E-state index contributed by atoms with van der Waals surface area (Å²) in [6.45, 7) is 1.93. The molecule has 6 nitrogen and oxygen atoms in total. The molecule has 27 heavy (non-hydrogen) atoms. The van der Waals surface area contributed by atoms with Gasteiger partial charge >= 0.3 is 0 Å². The first kappa shape index (κ1) is 16.2. The summed E-state index contributed by atoms with van der Waals surface area (Å²) >= 11 is 6.01. The zero-order valence-electron chi connectivity index (χ0n) is 14.5. The van der Waals surface area contributed by atoms with Crippen LogP contribution in [-0.2, 0) is 6.42 Å². The van der Waals surface area contributed by atoms with Gasteiger partial charge in [-0.15, -0.1) is 10.2 Å². The van der Waals surface area contributed by atoms with Crippen LogP contribution in [0.5, 0.6) is 0 Å². The van der Waals surface area contributed by atoms with E-state index in [1.807, 2.05) is 43.3 Å². The van der Waals surface area contributed by atoms with Crippen LogP contribution < -0.4 is 0 Å². The molecule has 1 atom stereocenters. The van der Waals surface area contributed by atoms with Crippen molar-refractivity contribution in [2.24, 2.45) is 0 Å². The van der Waals surface area contributed by atoms with Crippen molar-refractivity contribution >= 4 is 23.0 Å². The van der Waals surface area contributed by atoms with E-state index in [4.69, 9.17) is 16.0 Å². The maximum Gasteiger partial charge on any atom is 0.185 e. The van der Waals surface area contributed by atoms with E-state index in [-0.39, 0.29) is 11.7 Å². The number of nitrogens with zero attached hydrogens (tertiary/aromatic N) is 4. The molecule has 0 unspecified atom stereocenters. The number of hydrogen-bond acceptors (Lipinski definition) is 5. The number of carbonyl (C=O) groups excluding carboxylic acids is 1. The molecule has 1 aromatic carbocycles. The molecule has 0 N–H and O–H groups in total. The Morgan fingerprint density at radius 2 is 1.96 bits per heavy atom. The lowest BCUT2D eigenvalue weighted by Crippen LogP contribution is -2.24. The van der Waals surface area contributed by atoms with Gasteiger partial charge < -0.3 is 4.42 Å². The molecule has 3 heterocycles. The zero-order chi connectivity index (χ0) is 18.5.